The molecule has 14 rings (SSSR count). The Morgan fingerprint density at radius 3 is 1.09 bits per heavy atom. The van der Waals surface area contributed by atoms with Gasteiger partial charge >= 0.3 is 0 Å². The van der Waals surface area contributed by atoms with E-state index in [1.807, 2.05) is 6.20 Å². The molecular formula is C61H39N5. The SMILES string of the molecule is c1ccc(-n2ccn(-c3ccccc3)c3cc4c(cc32)c2cc(-n3c5ccccc5c5ccccc53)ccc2c2ccc(-n3c5ccccc5c5ccccc53)cc2c2cccnc24)cc1. The highest BCUT2D eigenvalue weighted by molar-refractivity contribution is 6.27. The Bertz CT molecular complexity index is 4230. The van der Waals surface area contributed by atoms with E-state index < -0.39 is 0 Å². The van der Waals surface area contributed by atoms with Crippen molar-refractivity contribution in [3.8, 4) is 22.7 Å². The Morgan fingerprint density at radius 2 is 0.621 bits per heavy atom. The second kappa shape index (κ2) is 14.3. The average molecular weight is 842 g/mol. The molecule has 308 valence electrons. The van der Waals surface area contributed by atoms with Gasteiger partial charge in [-0.3, -0.25) is 4.98 Å². The highest BCUT2D eigenvalue weighted by atomic mass is 15.1. The summed E-state index contributed by atoms with van der Waals surface area (Å²) in [5, 5.41) is 12.8. The molecule has 0 saturated carbocycles. The highest BCUT2D eigenvalue weighted by Gasteiger charge is 2.19. The third-order valence-electron chi connectivity index (χ3n) is 13.7. The van der Waals surface area contributed by atoms with E-state index in [9.17, 15) is 0 Å². The standard InChI is InChI=1S/C61H39N5/c1-3-16-40(17-4-1)63-34-35-64(41-18-5-2-6-19-41)60-39-54-53(38-59(60)63)52-37-43(66-57-27-13-9-22-48(57)49-23-10-14-28-58(49)66)30-32-45(52)44-31-29-42(36-51(44)50-24-15-33-62-61(50)54)65-55-25-11-7-20-46(55)47-21-8-12-26-56(47)65/h1-39H. The molecule has 10 aromatic carbocycles. The van der Waals surface area contributed by atoms with Crippen LogP contribution in [-0.2, 0) is 0 Å². The Hall–Kier alpha value is -8.93. The molecule has 0 atom stereocenters. The second-order valence-corrected chi connectivity index (χ2v) is 17.2. The number of nitrogens with zero attached hydrogens (tertiary/aromatic N) is 5. The van der Waals surface area contributed by atoms with Crippen LogP contribution in [0.3, 0.4) is 0 Å². The van der Waals surface area contributed by atoms with Crippen molar-refractivity contribution in [1.82, 2.24) is 23.3 Å². The lowest BCUT2D eigenvalue weighted by Crippen LogP contribution is -2.05. The van der Waals surface area contributed by atoms with Crippen LogP contribution in [0.4, 0.5) is 0 Å². The molecule has 0 amide bonds. The summed E-state index contributed by atoms with van der Waals surface area (Å²) in [6, 6.07) is 79.5. The third-order valence-corrected chi connectivity index (χ3v) is 13.7. The van der Waals surface area contributed by atoms with Crippen LogP contribution in [0.5, 0.6) is 0 Å². The Morgan fingerprint density at radius 1 is 0.242 bits per heavy atom. The average Bonchev–Trinajstić information content (AvgIpc) is 3.91. The minimum absolute atomic E-state index is 0.942. The zero-order valence-corrected chi connectivity index (χ0v) is 35.8. The van der Waals surface area contributed by atoms with Crippen molar-refractivity contribution in [2.45, 2.75) is 0 Å². The maximum Gasteiger partial charge on any atom is 0.0787 e. The first-order valence-corrected chi connectivity index (χ1v) is 22.5. The number of aromatic nitrogens is 5. The highest BCUT2D eigenvalue weighted by Crippen LogP contribution is 2.41. The molecule has 0 unspecified atom stereocenters. The predicted octanol–water partition coefficient (Wildman–Crippen LogP) is 15.7. The zero-order valence-electron chi connectivity index (χ0n) is 35.8. The van der Waals surface area contributed by atoms with Gasteiger partial charge in [0.2, 0.25) is 0 Å². The summed E-state index contributed by atoms with van der Waals surface area (Å²) < 4.78 is 9.46. The summed E-state index contributed by atoms with van der Waals surface area (Å²) in [5.74, 6) is 0. The van der Waals surface area contributed by atoms with Crippen LogP contribution in [0, 0.1) is 0 Å². The van der Waals surface area contributed by atoms with Crippen LogP contribution >= 0.6 is 0 Å². The monoisotopic (exact) mass is 841 g/mol. The number of hydrogen-bond donors (Lipinski definition) is 0. The van der Waals surface area contributed by atoms with Crippen LogP contribution < -0.4 is 0 Å². The maximum absolute atomic E-state index is 5.34. The van der Waals surface area contributed by atoms with Gasteiger partial charge in [-0.15, -0.1) is 0 Å². The van der Waals surface area contributed by atoms with Gasteiger partial charge in [0.1, 0.15) is 0 Å². The lowest BCUT2D eigenvalue weighted by molar-refractivity contribution is 1.01. The van der Waals surface area contributed by atoms with Crippen molar-refractivity contribution in [3.63, 3.8) is 0 Å². The Labute approximate surface area is 379 Å². The van der Waals surface area contributed by atoms with E-state index in [1.54, 1.807) is 0 Å². The van der Waals surface area contributed by atoms with Crippen molar-refractivity contribution in [3.05, 3.63) is 237 Å². The molecule has 0 fully saturated rings. The van der Waals surface area contributed by atoms with Gasteiger partial charge in [0.25, 0.3) is 0 Å². The van der Waals surface area contributed by atoms with Gasteiger partial charge in [0.15, 0.2) is 0 Å². The van der Waals surface area contributed by atoms with Crippen molar-refractivity contribution in [2.24, 2.45) is 0 Å². The number of fused-ring (bicyclic) bond motifs is 15. The summed E-state index contributed by atoms with van der Waals surface area (Å²) >= 11 is 0. The van der Waals surface area contributed by atoms with Crippen LogP contribution in [-0.4, -0.2) is 23.3 Å². The molecular weight excluding hydrogens is 803 g/mol. The summed E-state index contributed by atoms with van der Waals surface area (Å²) in [7, 11) is 0. The zero-order chi connectivity index (χ0) is 43.3. The smallest absolute Gasteiger partial charge is 0.0787 e. The molecule has 0 aliphatic carbocycles. The molecule has 0 radical (unpaired) electrons. The second-order valence-electron chi connectivity index (χ2n) is 17.2. The summed E-state index contributed by atoms with van der Waals surface area (Å²) in [4.78, 5) is 5.34. The Kier molecular flexibility index (Phi) is 7.91. The first-order chi connectivity index (χ1) is 32.8. The fourth-order valence-corrected chi connectivity index (χ4v) is 10.8. The molecule has 14 aromatic rings. The van der Waals surface area contributed by atoms with E-state index in [0.29, 0.717) is 0 Å². The first-order valence-electron chi connectivity index (χ1n) is 22.5. The van der Waals surface area contributed by atoms with E-state index >= 15 is 0 Å². The number of para-hydroxylation sites is 6. The van der Waals surface area contributed by atoms with Gasteiger partial charge in [-0.25, -0.2) is 0 Å². The molecule has 0 saturated heterocycles. The molecule has 4 aromatic heterocycles. The van der Waals surface area contributed by atoms with Crippen LogP contribution in [0.1, 0.15) is 0 Å². The van der Waals surface area contributed by atoms with Crippen LogP contribution in [0.2, 0.25) is 0 Å². The van der Waals surface area contributed by atoms with Crippen molar-refractivity contribution >= 4 is 97.9 Å². The van der Waals surface area contributed by atoms with Crippen molar-refractivity contribution in [2.75, 3.05) is 0 Å². The first kappa shape index (κ1) is 36.5. The van der Waals surface area contributed by atoms with E-state index in [0.717, 1.165) is 77.0 Å². The largest absolute Gasteiger partial charge is 0.314 e. The van der Waals surface area contributed by atoms with Gasteiger partial charge in [-0.2, -0.15) is 0 Å². The molecule has 0 N–H and O–H groups in total. The fraction of sp³-hybridized carbons (Fsp3) is 0. The number of benzene rings is 9. The lowest BCUT2D eigenvalue weighted by atomic mass is 9.95. The summed E-state index contributed by atoms with van der Waals surface area (Å²) in [6.07, 6.45) is 6.31. The molecule has 4 heterocycles. The van der Waals surface area contributed by atoms with Gasteiger partial charge in [-0.05, 0) is 118 Å². The topological polar surface area (TPSA) is 32.6 Å². The van der Waals surface area contributed by atoms with Gasteiger partial charge < -0.3 is 18.3 Å². The predicted molar refractivity (Wildman–Crippen MR) is 277 cm³/mol. The minimum atomic E-state index is 0.942. The summed E-state index contributed by atoms with van der Waals surface area (Å²) in [5.41, 5.74) is 12.2. The Balaban J connectivity index is 1.19. The van der Waals surface area contributed by atoms with Gasteiger partial charge in [0.05, 0.1) is 38.6 Å². The molecule has 0 aliphatic heterocycles. The maximum atomic E-state index is 5.34. The molecule has 5 nitrogen and oxygen atoms in total. The van der Waals surface area contributed by atoms with E-state index in [4.69, 9.17) is 4.98 Å². The molecule has 0 aliphatic rings. The summed E-state index contributed by atoms with van der Waals surface area (Å²) in [6.45, 7) is 0. The minimum Gasteiger partial charge on any atom is -0.314 e. The molecule has 0 spiro atoms. The molecule has 5 heteroatoms. The van der Waals surface area contributed by atoms with Gasteiger partial charge in [-0.1, -0.05) is 127 Å². The van der Waals surface area contributed by atoms with E-state index in [-0.39, 0.29) is 0 Å². The molecule has 0 bridgehead atoms. The van der Waals surface area contributed by atoms with Crippen molar-refractivity contribution < 1.29 is 0 Å². The number of hydrogen-bond acceptors (Lipinski definition) is 1. The number of pyridine rings is 1. The molecule has 66 heavy (non-hydrogen) atoms. The van der Waals surface area contributed by atoms with E-state index in [2.05, 4.69) is 249 Å². The van der Waals surface area contributed by atoms with Crippen molar-refractivity contribution in [1.29, 1.82) is 0 Å². The van der Waals surface area contributed by atoms with Crippen LogP contribution in [0.25, 0.3) is 121 Å². The van der Waals surface area contributed by atoms with E-state index in [1.165, 1.54) is 43.6 Å². The number of rotatable bonds is 4. The quantitative estimate of drug-likeness (QED) is 0.174. The van der Waals surface area contributed by atoms with Crippen LogP contribution in [0.15, 0.2) is 237 Å². The third kappa shape index (κ3) is 5.38. The fourth-order valence-electron chi connectivity index (χ4n) is 10.8. The normalized spacial score (nSPS) is 11.9. The lowest BCUT2D eigenvalue weighted by Gasteiger charge is -2.19. The van der Waals surface area contributed by atoms with Gasteiger partial charge in [0, 0.05) is 73.7 Å².